The van der Waals surface area contributed by atoms with Gasteiger partial charge in [0, 0.05) is 30.0 Å². The Hall–Kier alpha value is -3.04. The van der Waals surface area contributed by atoms with Crippen molar-refractivity contribution in [2.45, 2.75) is 50.0 Å². The fourth-order valence-electron chi connectivity index (χ4n) is 4.18. The maximum absolute atomic E-state index is 13.1. The minimum Gasteiger partial charge on any atom is -0.300 e. The van der Waals surface area contributed by atoms with Crippen LogP contribution in [0.5, 0.6) is 0 Å². The number of hydrogen-bond acceptors (Lipinski definition) is 6. The molecule has 2 aliphatic rings. The van der Waals surface area contributed by atoms with Gasteiger partial charge in [-0.05, 0) is 55.7 Å². The Bertz CT molecular complexity index is 1300. The number of hydrogen-bond donors (Lipinski definition) is 1. The summed E-state index contributed by atoms with van der Waals surface area (Å²) in [5.74, 6) is -1.56. The van der Waals surface area contributed by atoms with Crippen molar-refractivity contribution in [2.24, 2.45) is 0 Å². The number of anilines is 1. The van der Waals surface area contributed by atoms with Gasteiger partial charge in [-0.25, -0.2) is 8.42 Å². The zero-order chi connectivity index (χ0) is 23.9. The third kappa shape index (κ3) is 4.30. The smallest absolute Gasteiger partial charge is 0.262 e. The number of Topliss-reactive ketones (excluding diaryl/α,β-unsaturated/α-hetero) is 2. The number of fused-ring (bicyclic) bond motifs is 1. The van der Waals surface area contributed by atoms with Gasteiger partial charge >= 0.3 is 0 Å². The number of imide groups is 1. The molecular formula is C23H21ClN2O6S. The standard InChI is InChI=1S/C23H21ClN2O6S/c1-13-18(24)5-3-7-21(13)33(31,32)25-14-8-10-16-17(12-14)23(30)26(22(16)29)19-11-9-15(27)4-2-6-20(19)28/h3,5,7-8,10,12,19,25H,2,4,6,9,11H2,1H3. The maximum atomic E-state index is 13.1. The lowest BCUT2D eigenvalue weighted by molar-refractivity contribution is -0.125. The molecule has 2 amide bonds. The molecule has 1 atom stereocenters. The zero-order valence-electron chi connectivity index (χ0n) is 17.8. The van der Waals surface area contributed by atoms with E-state index in [1.54, 1.807) is 13.0 Å². The number of halogens is 1. The molecule has 172 valence electrons. The molecule has 1 aliphatic heterocycles. The molecule has 0 radical (unpaired) electrons. The normalized spacial score (nSPS) is 19.3. The van der Waals surface area contributed by atoms with Gasteiger partial charge < -0.3 is 0 Å². The molecule has 8 nitrogen and oxygen atoms in total. The molecule has 1 N–H and O–H groups in total. The monoisotopic (exact) mass is 488 g/mol. The van der Waals surface area contributed by atoms with Crippen LogP contribution in [0.4, 0.5) is 5.69 Å². The highest BCUT2D eigenvalue weighted by Crippen LogP contribution is 2.31. The fourth-order valence-corrected chi connectivity index (χ4v) is 5.73. The molecule has 1 heterocycles. The average molecular weight is 489 g/mol. The van der Waals surface area contributed by atoms with E-state index in [0.717, 1.165) is 4.90 Å². The Balaban J connectivity index is 1.63. The van der Waals surface area contributed by atoms with Gasteiger partial charge in [0.15, 0.2) is 5.78 Å². The molecule has 1 aliphatic carbocycles. The molecule has 2 aromatic rings. The first-order chi connectivity index (χ1) is 15.6. The number of rotatable bonds is 4. The summed E-state index contributed by atoms with van der Waals surface area (Å²) in [7, 11) is -4.01. The Kier molecular flexibility index (Phi) is 6.11. The largest absolute Gasteiger partial charge is 0.300 e. The summed E-state index contributed by atoms with van der Waals surface area (Å²) in [5.41, 5.74) is 0.560. The summed E-state index contributed by atoms with van der Waals surface area (Å²) in [6, 6.07) is 7.53. The summed E-state index contributed by atoms with van der Waals surface area (Å²) in [6.07, 6.45) is 1.04. The highest BCUT2D eigenvalue weighted by atomic mass is 35.5. The van der Waals surface area contributed by atoms with E-state index in [0.29, 0.717) is 23.4 Å². The molecule has 1 unspecified atom stereocenters. The molecule has 4 rings (SSSR count). The van der Waals surface area contributed by atoms with Crippen LogP contribution >= 0.6 is 11.6 Å². The van der Waals surface area contributed by atoms with Gasteiger partial charge in [0.2, 0.25) is 0 Å². The van der Waals surface area contributed by atoms with E-state index in [9.17, 15) is 27.6 Å². The number of benzene rings is 2. The Morgan fingerprint density at radius 3 is 2.45 bits per heavy atom. The van der Waals surface area contributed by atoms with Crippen LogP contribution in [-0.2, 0) is 19.6 Å². The molecule has 0 saturated heterocycles. The highest BCUT2D eigenvalue weighted by Gasteiger charge is 2.43. The van der Waals surface area contributed by atoms with Gasteiger partial charge in [-0.15, -0.1) is 0 Å². The molecule has 1 saturated carbocycles. The van der Waals surface area contributed by atoms with Gasteiger partial charge in [-0.1, -0.05) is 17.7 Å². The average Bonchev–Trinajstić information content (AvgIpc) is 2.99. The van der Waals surface area contributed by atoms with Crippen LogP contribution in [0.2, 0.25) is 5.02 Å². The lowest BCUT2D eigenvalue weighted by Crippen LogP contribution is -2.45. The Labute approximate surface area is 196 Å². The molecule has 1 fully saturated rings. The molecule has 0 bridgehead atoms. The molecule has 0 spiro atoms. The number of amides is 2. The van der Waals surface area contributed by atoms with E-state index in [2.05, 4.69) is 4.72 Å². The van der Waals surface area contributed by atoms with Gasteiger partial charge in [0.05, 0.1) is 22.1 Å². The summed E-state index contributed by atoms with van der Waals surface area (Å²) < 4.78 is 28.2. The maximum Gasteiger partial charge on any atom is 0.262 e. The first kappa shape index (κ1) is 23.1. The second kappa shape index (κ2) is 8.72. The van der Waals surface area contributed by atoms with E-state index in [1.165, 1.54) is 30.3 Å². The van der Waals surface area contributed by atoms with Crippen molar-refractivity contribution < 1.29 is 27.6 Å². The number of carbonyl (C=O) groups is 4. The Morgan fingerprint density at radius 2 is 1.70 bits per heavy atom. The van der Waals surface area contributed by atoms with Crippen molar-refractivity contribution in [1.82, 2.24) is 4.90 Å². The van der Waals surface area contributed by atoms with E-state index >= 15 is 0 Å². The highest BCUT2D eigenvalue weighted by molar-refractivity contribution is 7.92. The van der Waals surface area contributed by atoms with Crippen molar-refractivity contribution in [3.8, 4) is 0 Å². The molecule has 10 heteroatoms. The topological polar surface area (TPSA) is 118 Å². The van der Waals surface area contributed by atoms with Crippen LogP contribution in [0.1, 0.15) is 58.4 Å². The van der Waals surface area contributed by atoms with Crippen LogP contribution in [0.15, 0.2) is 41.3 Å². The van der Waals surface area contributed by atoms with Crippen LogP contribution in [0.3, 0.4) is 0 Å². The first-order valence-corrected chi connectivity index (χ1v) is 12.3. The van der Waals surface area contributed by atoms with E-state index in [-0.39, 0.29) is 52.5 Å². The first-order valence-electron chi connectivity index (χ1n) is 10.4. The molecular weight excluding hydrogens is 468 g/mol. The fraction of sp³-hybridized carbons (Fsp3) is 0.304. The minimum absolute atomic E-state index is 0.00268. The lowest BCUT2D eigenvalue weighted by Gasteiger charge is -2.26. The number of sulfonamides is 1. The van der Waals surface area contributed by atoms with Crippen molar-refractivity contribution in [1.29, 1.82) is 0 Å². The van der Waals surface area contributed by atoms with Crippen LogP contribution < -0.4 is 4.72 Å². The summed E-state index contributed by atoms with van der Waals surface area (Å²) in [4.78, 5) is 51.4. The molecule has 2 aromatic carbocycles. The van der Waals surface area contributed by atoms with E-state index < -0.39 is 27.9 Å². The number of carbonyl (C=O) groups excluding carboxylic acids is 4. The van der Waals surface area contributed by atoms with Crippen LogP contribution in [-0.4, -0.2) is 42.7 Å². The quantitative estimate of drug-likeness (QED) is 0.658. The molecule has 33 heavy (non-hydrogen) atoms. The van der Waals surface area contributed by atoms with Gasteiger partial charge in [-0.2, -0.15) is 0 Å². The van der Waals surface area contributed by atoms with E-state index in [4.69, 9.17) is 11.6 Å². The second-order valence-electron chi connectivity index (χ2n) is 8.12. The summed E-state index contributed by atoms with van der Waals surface area (Å²) in [5, 5.41) is 0.297. The number of ketones is 2. The van der Waals surface area contributed by atoms with Crippen molar-refractivity contribution in [2.75, 3.05) is 4.72 Å². The predicted molar refractivity (Wildman–Crippen MR) is 121 cm³/mol. The zero-order valence-corrected chi connectivity index (χ0v) is 19.3. The lowest BCUT2D eigenvalue weighted by atomic mass is 9.94. The van der Waals surface area contributed by atoms with Crippen molar-refractivity contribution in [3.05, 3.63) is 58.1 Å². The predicted octanol–water partition coefficient (Wildman–Crippen LogP) is 3.52. The third-order valence-corrected chi connectivity index (χ3v) is 7.87. The Morgan fingerprint density at radius 1 is 0.970 bits per heavy atom. The second-order valence-corrected chi connectivity index (χ2v) is 10.2. The molecule has 0 aromatic heterocycles. The number of nitrogens with zero attached hydrogens (tertiary/aromatic N) is 1. The summed E-state index contributed by atoms with van der Waals surface area (Å²) >= 11 is 6.04. The minimum atomic E-state index is -4.01. The number of nitrogens with one attached hydrogen (secondary N) is 1. The van der Waals surface area contributed by atoms with Gasteiger partial charge in [0.25, 0.3) is 21.8 Å². The van der Waals surface area contributed by atoms with Crippen LogP contribution in [0.25, 0.3) is 0 Å². The summed E-state index contributed by atoms with van der Waals surface area (Å²) in [6.45, 7) is 1.58. The third-order valence-electron chi connectivity index (χ3n) is 5.94. The van der Waals surface area contributed by atoms with Gasteiger partial charge in [-0.3, -0.25) is 28.8 Å². The van der Waals surface area contributed by atoms with Crippen molar-refractivity contribution in [3.63, 3.8) is 0 Å². The SMILES string of the molecule is Cc1c(Cl)cccc1S(=O)(=O)Nc1ccc2c(c1)C(=O)N(C1CCC(=O)CCCC1=O)C2=O. The van der Waals surface area contributed by atoms with E-state index in [1.807, 2.05) is 0 Å². The van der Waals surface area contributed by atoms with Gasteiger partial charge in [0.1, 0.15) is 5.78 Å². The van der Waals surface area contributed by atoms with Crippen molar-refractivity contribution >= 4 is 50.7 Å². The van der Waals surface area contributed by atoms with Crippen LogP contribution in [0, 0.1) is 6.92 Å².